The summed E-state index contributed by atoms with van der Waals surface area (Å²) in [5.41, 5.74) is 1.73. The monoisotopic (exact) mass is 379 g/mol. The third-order valence-corrected chi connectivity index (χ3v) is 5.61. The Morgan fingerprint density at radius 1 is 1.04 bits per heavy atom. The van der Waals surface area contributed by atoms with Crippen LogP contribution in [0.25, 0.3) is 32.9 Å². The number of rotatable bonds is 3. The molecule has 0 spiro atoms. The van der Waals surface area contributed by atoms with Gasteiger partial charge in [0.2, 0.25) is 0 Å². The molecule has 0 atom stereocenters. The Morgan fingerprint density at radius 3 is 2.61 bits per heavy atom. The molecule has 6 heteroatoms. The lowest BCUT2D eigenvalue weighted by Crippen LogP contribution is -2.29. The Hall–Kier alpha value is -2.99. The zero-order chi connectivity index (χ0) is 19.3. The van der Waals surface area contributed by atoms with Crippen molar-refractivity contribution in [2.24, 2.45) is 0 Å². The molecule has 0 unspecified atom stereocenters. The number of furan rings is 1. The number of likely N-dealkylation sites (tertiary alicyclic amines) is 1. The van der Waals surface area contributed by atoms with E-state index in [1.165, 1.54) is 6.42 Å². The number of aromatic hydroxyl groups is 1. The van der Waals surface area contributed by atoms with E-state index in [0.29, 0.717) is 50.8 Å². The lowest BCUT2D eigenvalue weighted by atomic mass is 10.0. The summed E-state index contributed by atoms with van der Waals surface area (Å²) < 4.78 is 17.0. The first-order valence-corrected chi connectivity index (χ1v) is 9.56. The molecule has 0 saturated carbocycles. The Morgan fingerprint density at radius 2 is 1.82 bits per heavy atom. The highest BCUT2D eigenvalue weighted by molar-refractivity contribution is 6.14. The summed E-state index contributed by atoms with van der Waals surface area (Å²) in [6.45, 7) is 2.55. The molecule has 1 aliphatic heterocycles. The predicted octanol–water partition coefficient (Wildman–Crippen LogP) is 4.39. The van der Waals surface area contributed by atoms with Gasteiger partial charge in [-0.05, 0) is 56.3 Å². The van der Waals surface area contributed by atoms with Crippen LogP contribution in [0.15, 0.2) is 44.0 Å². The van der Waals surface area contributed by atoms with Gasteiger partial charge in [-0.3, -0.25) is 4.90 Å². The summed E-state index contributed by atoms with van der Waals surface area (Å²) in [7, 11) is 1.59. The number of fused-ring (bicyclic) bond motifs is 5. The molecule has 3 heterocycles. The van der Waals surface area contributed by atoms with Crippen molar-refractivity contribution in [3.8, 4) is 11.5 Å². The van der Waals surface area contributed by atoms with Gasteiger partial charge in [0.15, 0.2) is 5.58 Å². The van der Waals surface area contributed by atoms with Crippen molar-refractivity contribution < 1.29 is 18.7 Å². The molecule has 28 heavy (non-hydrogen) atoms. The van der Waals surface area contributed by atoms with Crippen molar-refractivity contribution in [2.45, 2.75) is 25.8 Å². The van der Waals surface area contributed by atoms with E-state index in [-0.39, 0.29) is 5.75 Å². The van der Waals surface area contributed by atoms with Gasteiger partial charge in [-0.25, -0.2) is 4.79 Å². The van der Waals surface area contributed by atoms with Crippen LogP contribution in [0.5, 0.6) is 11.5 Å². The second kappa shape index (κ2) is 6.56. The van der Waals surface area contributed by atoms with Crippen LogP contribution >= 0.6 is 0 Å². The van der Waals surface area contributed by atoms with Gasteiger partial charge < -0.3 is 18.7 Å². The molecule has 0 bridgehead atoms. The van der Waals surface area contributed by atoms with Crippen molar-refractivity contribution >= 4 is 32.9 Å². The van der Waals surface area contributed by atoms with E-state index in [4.69, 9.17) is 13.6 Å². The topological polar surface area (TPSA) is 76.0 Å². The quantitative estimate of drug-likeness (QED) is 0.532. The molecule has 4 aromatic rings. The molecule has 1 fully saturated rings. The zero-order valence-electron chi connectivity index (χ0n) is 15.7. The second-order valence-corrected chi connectivity index (χ2v) is 7.33. The number of piperidine rings is 1. The third-order valence-electron chi connectivity index (χ3n) is 5.61. The molecule has 1 aliphatic rings. The number of ether oxygens (including phenoxy) is 1. The predicted molar refractivity (Wildman–Crippen MR) is 107 cm³/mol. The van der Waals surface area contributed by atoms with E-state index in [1.54, 1.807) is 37.4 Å². The fourth-order valence-corrected chi connectivity index (χ4v) is 4.19. The average Bonchev–Trinajstić information content (AvgIpc) is 3.12. The maximum atomic E-state index is 12.8. The molecule has 0 aliphatic carbocycles. The van der Waals surface area contributed by atoms with Gasteiger partial charge in [-0.15, -0.1) is 0 Å². The largest absolute Gasteiger partial charge is 0.508 e. The molecule has 2 aromatic heterocycles. The Bertz CT molecular complexity index is 1250. The van der Waals surface area contributed by atoms with Gasteiger partial charge in [0.25, 0.3) is 0 Å². The first-order valence-electron chi connectivity index (χ1n) is 9.56. The zero-order valence-corrected chi connectivity index (χ0v) is 15.7. The molecule has 0 radical (unpaired) electrons. The van der Waals surface area contributed by atoms with Crippen molar-refractivity contribution in [3.05, 3.63) is 46.3 Å². The van der Waals surface area contributed by atoms with Crippen molar-refractivity contribution in [3.63, 3.8) is 0 Å². The lowest BCUT2D eigenvalue weighted by molar-refractivity contribution is 0.219. The third kappa shape index (κ3) is 2.64. The van der Waals surface area contributed by atoms with Gasteiger partial charge in [-0.2, -0.15) is 0 Å². The summed E-state index contributed by atoms with van der Waals surface area (Å²) in [5.74, 6) is 0.824. The number of hydrogen-bond donors (Lipinski definition) is 1. The summed E-state index contributed by atoms with van der Waals surface area (Å²) in [6.07, 6.45) is 3.53. The normalized spacial score (nSPS) is 15.6. The first kappa shape index (κ1) is 17.1. The second-order valence-electron chi connectivity index (χ2n) is 7.33. The van der Waals surface area contributed by atoms with Crippen LogP contribution in [0, 0.1) is 0 Å². The van der Waals surface area contributed by atoms with Crippen LogP contribution < -0.4 is 10.4 Å². The number of hydrogen-bond acceptors (Lipinski definition) is 6. The maximum absolute atomic E-state index is 12.8. The number of nitrogens with zero attached hydrogens (tertiary/aromatic N) is 1. The highest BCUT2D eigenvalue weighted by Gasteiger charge is 2.22. The summed E-state index contributed by atoms with van der Waals surface area (Å²) in [5, 5.41) is 12.3. The molecule has 6 nitrogen and oxygen atoms in total. The summed E-state index contributed by atoms with van der Waals surface area (Å²) in [6, 6.07) is 8.58. The Kier molecular flexibility index (Phi) is 4.02. The number of benzene rings is 2. The van der Waals surface area contributed by atoms with Gasteiger partial charge in [0.05, 0.1) is 12.5 Å². The van der Waals surface area contributed by atoms with E-state index in [9.17, 15) is 9.90 Å². The number of phenolic OH excluding ortho intramolecular Hbond substituents is 1. The van der Waals surface area contributed by atoms with Crippen LogP contribution in [0.3, 0.4) is 0 Å². The average molecular weight is 379 g/mol. The van der Waals surface area contributed by atoms with Crippen molar-refractivity contribution in [1.82, 2.24) is 4.90 Å². The highest BCUT2D eigenvalue weighted by atomic mass is 16.5. The molecule has 1 saturated heterocycles. The van der Waals surface area contributed by atoms with Gasteiger partial charge >= 0.3 is 5.63 Å². The summed E-state index contributed by atoms with van der Waals surface area (Å²) >= 11 is 0. The Labute approximate surface area is 160 Å². The van der Waals surface area contributed by atoms with Crippen LogP contribution in [0.2, 0.25) is 0 Å². The van der Waals surface area contributed by atoms with Gasteiger partial charge in [0.1, 0.15) is 28.1 Å². The van der Waals surface area contributed by atoms with Gasteiger partial charge in [-0.1, -0.05) is 6.42 Å². The highest BCUT2D eigenvalue weighted by Crippen LogP contribution is 2.38. The molecular formula is C22H21NO5. The van der Waals surface area contributed by atoms with Crippen LogP contribution in [0.4, 0.5) is 0 Å². The van der Waals surface area contributed by atoms with Crippen LogP contribution in [-0.2, 0) is 6.54 Å². The van der Waals surface area contributed by atoms with Crippen LogP contribution in [0.1, 0.15) is 24.8 Å². The van der Waals surface area contributed by atoms with Crippen molar-refractivity contribution in [1.29, 1.82) is 0 Å². The van der Waals surface area contributed by atoms with Crippen LogP contribution in [-0.4, -0.2) is 30.2 Å². The van der Waals surface area contributed by atoms with E-state index in [0.717, 1.165) is 25.9 Å². The Balaban J connectivity index is 1.81. The van der Waals surface area contributed by atoms with E-state index in [2.05, 4.69) is 4.90 Å². The minimum Gasteiger partial charge on any atom is -0.508 e. The van der Waals surface area contributed by atoms with E-state index < -0.39 is 5.63 Å². The molecule has 0 amide bonds. The minimum absolute atomic E-state index is 0.172. The van der Waals surface area contributed by atoms with E-state index >= 15 is 0 Å². The maximum Gasteiger partial charge on any atom is 0.348 e. The number of phenols is 1. The molecule has 1 N–H and O–H groups in total. The van der Waals surface area contributed by atoms with Gasteiger partial charge in [0, 0.05) is 17.5 Å². The standard InChI is InChI=1S/C22H21NO5/c1-26-13-5-7-17-14(11-13)21-20(22(25)28-17)19-15(12-23-9-3-2-4-10-23)16(24)6-8-18(19)27-21/h5-8,11,24H,2-4,9-10,12H2,1H3. The minimum atomic E-state index is -0.461. The fraction of sp³-hybridized carbons (Fsp3) is 0.318. The SMILES string of the molecule is COc1ccc2oc(=O)c3c(oc4ccc(O)c(CN5CCCCC5)c43)c2c1. The molecular weight excluding hydrogens is 358 g/mol. The molecule has 144 valence electrons. The molecule has 5 rings (SSSR count). The van der Waals surface area contributed by atoms with Crippen molar-refractivity contribution in [2.75, 3.05) is 20.2 Å². The number of methoxy groups -OCH3 is 1. The summed E-state index contributed by atoms with van der Waals surface area (Å²) in [4.78, 5) is 15.1. The lowest BCUT2D eigenvalue weighted by Gasteiger charge is -2.26. The molecule has 2 aromatic carbocycles. The van der Waals surface area contributed by atoms with E-state index in [1.807, 2.05) is 0 Å². The first-order chi connectivity index (χ1) is 13.7. The smallest absolute Gasteiger partial charge is 0.348 e. The fourth-order valence-electron chi connectivity index (χ4n) is 4.19.